The van der Waals surface area contributed by atoms with Gasteiger partial charge < -0.3 is 25.8 Å². The highest BCUT2D eigenvalue weighted by Gasteiger charge is 2.33. The summed E-state index contributed by atoms with van der Waals surface area (Å²) in [4.78, 5) is 23.9. The SMILES string of the molecule is CC1(C)N=C(N)N=C(N)N1c1ccc(OCC(=O)N2CCOCC2)c(Cl)c1.CCS(=O)(=O)O. The Morgan fingerprint density at radius 3 is 2.42 bits per heavy atom. The van der Waals surface area contributed by atoms with E-state index in [1.54, 1.807) is 28.0 Å². The highest BCUT2D eigenvalue weighted by atomic mass is 35.5. The number of carbonyl (C=O) groups is 1. The lowest BCUT2D eigenvalue weighted by atomic mass is 10.1. The third-order valence-electron chi connectivity index (χ3n) is 4.65. The number of guanidine groups is 2. The van der Waals surface area contributed by atoms with Crippen molar-refractivity contribution in [2.75, 3.05) is 43.6 Å². The molecule has 0 aromatic heterocycles. The van der Waals surface area contributed by atoms with E-state index in [0.717, 1.165) is 0 Å². The van der Waals surface area contributed by atoms with Crippen molar-refractivity contribution in [2.45, 2.75) is 26.4 Å². The van der Waals surface area contributed by atoms with Crippen LogP contribution in [-0.2, 0) is 19.6 Å². The van der Waals surface area contributed by atoms with Gasteiger partial charge in [-0.2, -0.15) is 13.4 Å². The number of benzene rings is 1. The van der Waals surface area contributed by atoms with Crippen molar-refractivity contribution in [1.29, 1.82) is 0 Å². The number of ether oxygens (including phenoxy) is 2. The Kier molecular flexibility index (Phi) is 8.89. The number of hydrogen-bond donors (Lipinski definition) is 3. The van der Waals surface area contributed by atoms with Gasteiger partial charge in [0.1, 0.15) is 11.4 Å². The maximum absolute atomic E-state index is 12.2. The molecule has 2 aliphatic heterocycles. The first-order valence-electron chi connectivity index (χ1n) is 10.1. The highest BCUT2D eigenvalue weighted by molar-refractivity contribution is 7.85. The number of amides is 1. The van der Waals surface area contributed by atoms with E-state index in [2.05, 4.69) is 9.98 Å². The molecule has 12 nitrogen and oxygen atoms in total. The molecule has 0 radical (unpaired) electrons. The van der Waals surface area contributed by atoms with Crippen LogP contribution in [0.3, 0.4) is 0 Å². The lowest BCUT2D eigenvalue weighted by molar-refractivity contribution is -0.137. The summed E-state index contributed by atoms with van der Waals surface area (Å²) in [6.45, 7) is 7.24. The average molecular weight is 505 g/mol. The van der Waals surface area contributed by atoms with Gasteiger partial charge in [-0.15, -0.1) is 0 Å². The van der Waals surface area contributed by atoms with Gasteiger partial charge >= 0.3 is 0 Å². The van der Waals surface area contributed by atoms with E-state index in [0.29, 0.717) is 42.8 Å². The molecular weight excluding hydrogens is 476 g/mol. The molecule has 1 saturated heterocycles. The van der Waals surface area contributed by atoms with Gasteiger partial charge in [-0.1, -0.05) is 11.6 Å². The Bertz CT molecular complexity index is 1020. The molecule has 0 spiro atoms. The van der Waals surface area contributed by atoms with Gasteiger partial charge in [0.05, 0.1) is 24.0 Å². The van der Waals surface area contributed by atoms with Crippen LogP contribution in [-0.4, -0.2) is 80.0 Å². The van der Waals surface area contributed by atoms with Crippen LogP contribution in [0.2, 0.25) is 5.02 Å². The molecule has 0 saturated carbocycles. The predicted octanol–water partition coefficient (Wildman–Crippen LogP) is 0.657. The first kappa shape index (κ1) is 26.6. The summed E-state index contributed by atoms with van der Waals surface area (Å²) < 4.78 is 37.7. The monoisotopic (exact) mass is 504 g/mol. The normalized spacial score (nSPS) is 18.0. The maximum Gasteiger partial charge on any atom is 0.264 e. The van der Waals surface area contributed by atoms with Crippen molar-refractivity contribution in [3.8, 4) is 5.75 Å². The van der Waals surface area contributed by atoms with Gasteiger partial charge in [-0.25, -0.2) is 4.99 Å². The summed E-state index contributed by atoms with van der Waals surface area (Å²) in [6.07, 6.45) is 0. The van der Waals surface area contributed by atoms with Gasteiger partial charge in [-0.3, -0.25) is 14.2 Å². The molecule has 1 aromatic carbocycles. The number of hydrogen-bond acceptors (Lipinski definition) is 10. The van der Waals surface area contributed by atoms with E-state index in [4.69, 9.17) is 37.1 Å². The van der Waals surface area contributed by atoms with E-state index >= 15 is 0 Å². The molecule has 0 bridgehead atoms. The van der Waals surface area contributed by atoms with Gasteiger partial charge in [0.25, 0.3) is 16.0 Å². The Morgan fingerprint density at radius 2 is 1.91 bits per heavy atom. The van der Waals surface area contributed by atoms with Gasteiger partial charge in [-0.05, 0) is 39.0 Å². The zero-order chi connectivity index (χ0) is 24.8. The van der Waals surface area contributed by atoms with Crippen LogP contribution in [0, 0.1) is 0 Å². The van der Waals surface area contributed by atoms with E-state index in [1.165, 1.54) is 6.92 Å². The van der Waals surface area contributed by atoms with Crippen molar-refractivity contribution < 1.29 is 27.2 Å². The van der Waals surface area contributed by atoms with Crippen LogP contribution in [0.5, 0.6) is 5.75 Å². The summed E-state index contributed by atoms with van der Waals surface area (Å²) in [6, 6.07) is 5.16. The van der Waals surface area contributed by atoms with Crippen LogP contribution in [0.15, 0.2) is 28.2 Å². The summed E-state index contributed by atoms with van der Waals surface area (Å²) in [5, 5.41) is 0.355. The van der Waals surface area contributed by atoms with E-state index in [9.17, 15) is 13.2 Å². The van der Waals surface area contributed by atoms with Crippen LogP contribution in [0.1, 0.15) is 20.8 Å². The van der Waals surface area contributed by atoms with Gasteiger partial charge in [0, 0.05) is 18.8 Å². The summed E-state index contributed by atoms with van der Waals surface area (Å²) >= 11 is 6.35. The summed E-state index contributed by atoms with van der Waals surface area (Å²) in [5.74, 6) is 0.459. The number of carbonyl (C=O) groups excluding carboxylic acids is 1. The lowest BCUT2D eigenvalue weighted by Crippen LogP contribution is -2.54. The smallest absolute Gasteiger partial charge is 0.264 e. The molecule has 0 atom stereocenters. The van der Waals surface area contributed by atoms with Crippen LogP contribution < -0.4 is 21.1 Å². The van der Waals surface area contributed by atoms with E-state index in [-0.39, 0.29) is 30.2 Å². The number of rotatable bonds is 5. The predicted molar refractivity (Wildman–Crippen MR) is 126 cm³/mol. The first-order valence-corrected chi connectivity index (χ1v) is 12.1. The molecule has 5 N–H and O–H groups in total. The second-order valence-corrected chi connectivity index (χ2v) is 9.69. The molecule has 0 aliphatic carbocycles. The molecule has 1 fully saturated rings. The van der Waals surface area contributed by atoms with Gasteiger partial charge in [0.2, 0.25) is 11.9 Å². The summed E-state index contributed by atoms with van der Waals surface area (Å²) in [5.41, 5.74) is 11.7. The zero-order valence-corrected chi connectivity index (χ0v) is 20.3. The van der Waals surface area contributed by atoms with Crippen molar-refractivity contribution >= 4 is 45.2 Å². The minimum absolute atomic E-state index is 0.0846. The molecule has 0 unspecified atom stereocenters. The second kappa shape index (κ2) is 11.0. The van der Waals surface area contributed by atoms with E-state index < -0.39 is 15.8 Å². The van der Waals surface area contributed by atoms with Crippen molar-refractivity contribution in [3.05, 3.63) is 23.2 Å². The minimum atomic E-state index is -3.66. The number of halogens is 1. The third kappa shape index (κ3) is 7.74. The fourth-order valence-electron chi connectivity index (χ4n) is 3.04. The molecule has 2 aliphatic rings. The summed E-state index contributed by atoms with van der Waals surface area (Å²) in [7, 11) is -3.66. The Labute approximate surface area is 197 Å². The third-order valence-corrected chi connectivity index (χ3v) is 5.67. The van der Waals surface area contributed by atoms with E-state index in [1.807, 2.05) is 13.8 Å². The standard InChI is InChI=1S/C17H23ClN6O3.C2H6O3S/c1-17(2)22-15(19)21-16(20)24(17)11-3-4-13(12(18)9-11)27-10-14(25)23-5-7-26-8-6-23;1-2-6(3,4)5/h3-4,9H,5-8,10H2,1-2H3,(H4,19,20,21,22);2H2,1H3,(H,3,4,5). The number of anilines is 1. The fraction of sp³-hybridized carbons (Fsp3) is 0.526. The van der Waals surface area contributed by atoms with Crippen LogP contribution in [0.4, 0.5) is 5.69 Å². The Balaban J connectivity index is 0.000000569. The quantitative estimate of drug-likeness (QED) is 0.486. The van der Waals surface area contributed by atoms with Crippen molar-refractivity contribution in [3.63, 3.8) is 0 Å². The number of nitrogens with two attached hydrogens (primary N) is 2. The highest BCUT2D eigenvalue weighted by Crippen LogP contribution is 2.33. The average Bonchev–Trinajstić information content (AvgIpc) is 2.72. The second-order valence-electron chi connectivity index (χ2n) is 7.54. The van der Waals surface area contributed by atoms with Crippen molar-refractivity contribution in [1.82, 2.24) is 4.90 Å². The minimum Gasteiger partial charge on any atom is -0.482 e. The first-order chi connectivity index (χ1) is 15.3. The molecule has 3 rings (SSSR count). The topological polar surface area (TPSA) is 173 Å². The molecule has 1 amide bonds. The molecule has 2 heterocycles. The molecule has 1 aromatic rings. The maximum atomic E-state index is 12.2. The number of morpholine rings is 1. The molecule has 184 valence electrons. The molecular formula is C19H29ClN6O6S. The van der Waals surface area contributed by atoms with Crippen LogP contribution in [0.25, 0.3) is 0 Å². The number of nitrogens with zero attached hydrogens (tertiary/aromatic N) is 4. The molecule has 14 heteroatoms. The fourth-order valence-corrected chi connectivity index (χ4v) is 3.27. The Morgan fingerprint density at radius 1 is 1.30 bits per heavy atom. The van der Waals surface area contributed by atoms with Crippen molar-refractivity contribution in [2.24, 2.45) is 21.5 Å². The molecule has 33 heavy (non-hydrogen) atoms. The van der Waals surface area contributed by atoms with Crippen LogP contribution >= 0.6 is 11.6 Å². The lowest BCUT2D eigenvalue weighted by Gasteiger charge is -2.38. The largest absolute Gasteiger partial charge is 0.482 e. The Hall–Kier alpha value is -2.61. The van der Waals surface area contributed by atoms with Gasteiger partial charge in [0.15, 0.2) is 6.61 Å². The number of aliphatic imine (C=N–C) groups is 2. The zero-order valence-electron chi connectivity index (χ0n) is 18.7.